The zero-order chi connectivity index (χ0) is 19.9. The molecule has 0 bridgehead atoms. The van der Waals surface area contributed by atoms with Gasteiger partial charge in [0, 0.05) is 37.9 Å². The number of nitrogens with one attached hydrogen (secondary N) is 1. The first-order chi connectivity index (χ1) is 12.9. The first-order valence-corrected chi connectivity index (χ1v) is 10.6. The third-order valence-corrected chi connectivity index (χ3v) is 6.17. The van der Waals surface area contributed by atoms with E-state index in [1.807, 2.05) is 30.3 Å². The fourth-order valence-electron chi connectivity index (χ4n) is 2.72. The highest BCUT2D eigenvalue weighted by atomic mass is 32.2. The van der Waals surface area contributed by atoms with E-state index in [0.717, 1.165) is 18.8 Å². The Hall–Kier alpha value is -2.54. The molecule has 0 heterocycles. The van der Waals surface area contributed by atoms with Gasteiger partial charge in [0.05, 0.1) is 11.4 Å². The standard InChI is InChI=1S/C20H27N3O3S/c1-4-23(5-2)19-13-11-17(12-14-19)21-20(24)15-16-27(25,26)22(3)18-9-7-6-8-10-18/h6-14H,4-5,15-16H2,1-3H3,(H,21,24). The van der Waals surface area contributed by atoms with Gasteiger partial charge in [-0.25, -0.2) is 8.42 Å². The molecular formula is C20H27N3O3S. The van der Waals surface area contributed by atoms with E-state index in [1.165, 1.54) is 11.4 Å². The number of sulfonamides is 1. The third-order valence-electron chi connectivity index (χ3n) is 4.40. The van der Waals surface area contributed by atoms with E-state index in [0.29, 0.717) is 11.4 Å². The maximum Gasteiger partial charge on any atom is 0.235 e. The molecule has 0 saturated carbocycles. The second-order valence-electron chi connectivity index (χ2n) is 6.14. The van der Waals surface area contributed by atoms with Gasteiger partial charge >= 0.3 is 0 Å². The van der Waals surface area contributed by atoms with Crippen LogP contribution >= 0.6 is 0 Å². The number of para-hydroxylation sites is 1. The minimum Gasteiger partial charge on any atom is -0.372 e. The molecule has 0 aliphatic carbocycles. The molecule has 146 valence electrons. The number of carbonyl (C=O) groups is 1. The van der Waals surface area contributed by atoms with E-state index in [4.69, 9.17) is 0 Å². The number of anilines is 3. The minimum absolute atomic E-state index is 0.0999. The van der Waals surface area contributed by atoms with E-state index < -0.39 is 10.0 Å². The van der Waals surface area contributed by atoms with Crippen molar-refractivity contribution >= 4 is 33.0 Å². The maximum absolute atomic E-state index is 12.4. The summed E-state index contributed by atoms with van der Waals surface area (Å²) in [6.45, 7) is 6.00. The summed E-state index contributed by atoms with van der Waals surface area (Å²) in [6, 6.07) is 16.4. The summed E-state index contributed by atoms with van der Waals surface area (Å²) in [7, 11) is -2.07. The summed E-state index contributed by atoms with van der Waals surface area (Å²) in [4.78, 5) is 14.4. The van der Waals surface area contributed by atoms with Crippen molar-refractivity contribution in [3.8, 4) is 0 Å². The molecule has 27 heavy (non-hydrogen) atoms. The molecule has 0 atom stereocenters. The third kappa shape index (κ3) is 5.72. The van der Waals surface area contributed by atoms with Gasteiger partial charge in [-0.2, -0.15) is 0 Å². The van der Waals surface area contributed by atoms with Gasteiger partial charge < -0.3 is 10.2 Å². The molecule has 0 aromatic heterocycles. The highest BCUT2D eigenvalue weighted by Gasteiger charge is 2.19. The molecule has 0 aliphatic rings. The Kier molecular flexibility index (Phi) is 7.24. The second kappa shape index (κ2) is 9.41. The monoisotopic (exact) mass is 389 g/mol. The van der Waals surface area contributed by atoms with Gasteiger partial charge in [0.2, 0.25) is 15.9 Å². The van der Waals surface area contributed by atoms with Crippen LogP contribution in [0.3, 0.4) is 0 Å². The van der Waals surface area contributed by atoms with E-state index in [1.54, 1.807) is 24.3 Å². The average molecular weight is 390 g/mol. The highest BCUT2D eigenvalue weighted by Crippen LogP contribution is 2.19. The molecular weight excluding hydrogens is 362 g/mol. The molecule has 0 spiro atoms. The molecule has 2 aromatic carbocycles. The van der Waals surface area contributed by atoms with Crippen LogP contribution in [0.15, 0.2) is 54.6 Å². The number of benzene rings is 2. The summed E-state index contributed by atoms with van der Waals surface area (Å²) >= 11 is 0. The normalized spacial score (nSPS) is 11.1. The van der Waals surface area contributed by atoms with E-state index in [2.05, 4.69) is 24.1 Å². The lowest BCUT2D eigenvalue weighted by Crippen LogP contribution is -2.30. The van der Waals surface area contributed by atoms with Crippen LogP contribution in [0.4, 0.5) is 17.1 Å². The summed E-state index contributed by atoms with van der Waals surface area (Å²) in [5.41, 5.74) is 2.32. The van der Waals surface area contributed by atoms with Crippen LogP contribution in [-0.4, -0.2) is 40.2 Å². The molecule has 0 saturated heterocycles. The van der Waals surface area contributed by atoms with Crippen molar-refractivity contribution in [1.82, 2.24) is 0 Å². The minimum atomic E-state index is -3.56. The van der Waals surface area contributed by atoms with Gasteiger partial charge in [-0.3, -0.25) is 9.10 Å². The van der Waals surface area contributed by atoms with Gasteiger partial charge in [-0.05, 0) is 50.2 Å². The van der Waals surface area contributed by atoms with Crippen molar-refractivity contribution in [3.63, 3.8) is 0 Å². The van der Waals surface area contributed by atoms with Crippen molar-refractivity contribution in [2.45, 2.75) is 20.3 Å². The maximum atomic E-state index is 12.4. The lowest BCUT2D eigenvalue weighted by atomic mass is 10.2. The lowest BCUT2D eigenvalue weighted by molar-refractivity contribution is -0.115. The first kappa shape index (κ1) is 20.8. The molecule has 0 radical (unpaired) electrons. The van der Waals surface area contributed by atoms with Crippen LogP contribution in [0.2, 0.25) is 0 Å². The van der Waals surface area contributed by atoms with Crippen LogP contribution in [0.5, 0.6) is 0 Å². The molecule has 6 nitrogen and oxygen atoms in total. The Bertz CT molecular complexity index is 833. The van der Waals surface area contributed by atoms with Crippen LogP contribution in [0.25, 0.3) is 0 Å². The average Bonchev–Trinajstić information content (AvgIpc) is 2.69. The predicted molar refractivity (Wildman–Crippen MR) is 112 cm³/mol. The summed E-state index contributed by atoms with van der Waals surface area (Å²) in [6.07, 6.45) is -0.0999. The molecule has 1 amide bonds. The second-order valence-corrected chi connectivity index (χ2v) is 8.26. The van der Waals surface area contributed by atoms with Crippen LogP contribution in [0, 0.1) is 0 Å². The largest absolute Gasteiger partial charge is 0.372 e. The SMILES string of the molecule is CCN(CC)c1ccc(NC(=O)CCS(=O)(=O)N(C)c2ccccc2)cc1. The van der Waals surface area contributed by atoms with Crippen molar-refractivity contribution < 1.29 is 13.2 Å². The summed E-state index contributed by atoms with van der Waals surface area (Å²) in [5.74, 6) is -0.572. The number of nitrogens with zero attached hydrogens (tertiary/aromatic N) is 2. The van der Waals surface area contributed by atoms with Gasteiger partial charge in [-0.1, -0.05) is 18.2 Å². The Labute approximate surface area is 161 Å². The van der Waals surface area contributed by atoms with Crippen molar-refractivity contribution in [2.24, 2.45) is 0 Å². The Balaban J connectivity index is 1.92. The van der Waals surface area contributed by atoms with E-state index in [-0.39, 0.29) is 18.1 Å². The Morgan fingerprint density at radius 2 is 1.52 bits per heavy atom. The quantitative estimate of drug-likeness (QED) is 0.714. The first-order valence-electron chi connectivity index (χ1n) is 9.04. The zero-order valence-electron chi connectivity index (χ0n) is 16.1. The molecule has 0 unspecified atom stereocenters. The van der Waals surface area contributed by atoms with Crippen molar-refractivity contribution in [2.75, 3.05) is 40.4 Å². The molecule has 1 N–H and O–H groups in total. The lowest BCUT2D eigenvalue weighted by Gasteiger charge is -2.21. The summed E-state index contributed by atoms with van der Waals surface area (Å²) < 4.78 is 26.0. The van der Waals surface area contributed by atoms with Gasteiger partial charge in [0.1, 0.15) is 0 Å². The van der Waals surface area contributed by atoms with Gasteiger partial charge in [0.15, 0.2) is 0 Å². The molecule has 0 fully saturated rings. The predicted octanol–water partition coefficient (Wildman–Crippen LogP) is 3.33. The number of carbonyl (C=O) groups excluding carboxylic acids is 1. The molecule has 2 aromatic rings. The van der Waals surface area contributed by atoms with E-state index in [9.17, 15) is 13.2 Å². The van der Waals surface area contributed by atoms with Crippen molar-refractivity contribution in [3.05, 3.63) is 54.6 Å². The van der Waals surface area contributed by atoms with E-state index >= 15 is 0 Å². The Morgan fingerprint density at radius 1 is 0.926 bits per heavy atom. The zero-order valence-corrected chi connectivity index (χ0v) is 16.9. The number of rotatable bonds is 9. The number of hydrogen-bond acceptors (Lipinski definition) is 4. The fraction of sp³-hybridized carbons (Fsp3) is 0.350. The summed E-state index contributed by atoms with van der Waals surface area (Å²) in [5, 5.41) is 2.75. The molecule has 2 rings (SSSR count). The van der Waals surface area contributed by atoms with Gasteiger partial charge in [0.25, 0.3) is 0 Å². The molecule has 7 heteroatoms. The number of amides is 1. The number of hydrogen-bond donors (Lipinski definition) is 1. The topological polar surface area (TPSA) is 69.7 Å². The van der Waals surface area contributed by atoms with Crippen molar-refractivity contribution in [1.29, 1.82) is 0 Å². The van der Waals surface area contributed by atoms with Crippen LogP contribution < -0.4 is 14.5 Å². The fourth-order valence-corrected chi connectivity index (χ4v) is 3.89. The van der Waals surface area contributed by atoms with Gasteiger partial charge in [-0.15, -0.1) is 0 Å². The molecule has 0 aliphatic heterocycles. The van der Waals surface area contributed by atoms with Crippen LogP contribution in [-0.2, 0) is 14.8 Å². The van der Waals surface area contributed by atoms with Crippen LogP contribution in [0.1, 0.15) is 20.3 Å². The highest BCUT2D eigenvalue weighted by molar-refractivity contribution is 7.92. The smallest absolute Gasteiger partial charge is 0.235 e. The Morgan fingerprint density at radius 3 is 2.07 bits per heavy atom.